The highest BCUT2D eigenvalue weighted by Gasteiger charge is 2.21. The number of nitrogens with two attached hydrogens (primary N) is 1. The zero-order chi connectivity index (χ0) is 28.9. The van der Waals surface area contributed by atoms with Crippen molar-refractivity contribution >= 4 is 59.7 Å². The Bertz CT molecular complexity index is 1770. The predicted octanol–water partition coefficient (Wildman–Crippen LogP) is 5.57. The molecule has 0 unspecified atom stereocenters. The van der Waals surface area contributed by atoms with Crippen LogP contribution in [0.15, 0.2) is 83.9 Å². The minimum Gasteiger partial charge on any atom is -0.507 e. The van der Waals surface area contributed by atoms with Crippen LogP contribution < -0.4 is 16.4 Å². The van der Waals surface area contributed by atoms with E-state index in [0.29, 0.717) is 33.1 Å². The maximum atomic E-state index is 12.8. The number of phenols is 1. The summed E-state index contributed by atoms with van der Waals surface area (Å²) in [5, 5.41) is 26.5. The lowest BCUT2D eigenvalue weighted by Gasteiger charge is -2.15. The highest BCUT2D eigenvalue weighted by molar-refractivity contribution is 6.30. The summed E-state index contributed by atoms with van der Waals surface area (Å²) in [5.74, 6) is -1.21. The number of rotatable bonds is 8. The molecule has 0 radical (unpaired) electrons. The Morgan fingerprint density at radius 1 is 1.09 bits per heavy atom. The van der Waals surface area contributed by atoms with Crippen molar-refractivity contribution in [2.24, 2.45) is 5.73 Å². The van der Waals surface area contributed by atoms with Crippen molar-refractivity contribution in [1.82, 2.24) is 15.0 Å². The Kier molecular flexibility index (Phi) is 10.9. The van der Waals surface area contributed by atoms with Gasteiger partial charge in [-0.05, 0) is 54.1 Å². The molecule has 6 N–H and O–H groups in total. The van der Waals surface area contributed by atoms with Gasteiger partial charge in [0.15, 0.2) is 11.6 Å². The van der Waals surface area contributed by atoms with Crippen molar-refractivity contribution in [2.45, 2.75) is 12.5 Å². The van der Waals surface area contributed by atoms with Gasteiger partial charge in [-0.15, -0.1) is 24.8 Å². The van der Waals surface area contributed by atoms with Crippen molar-refractivity contribution in [1.29, 1.82) is 5.26 Å². The first-order chi connectivity index (χ1) is 19.8. The molecule has 2 aromatic carbocycles. The molecule has 0 spiro atoms. The molecule has 14 heteroatoms. The third-order valence-electron chi connectivity index (χ3n) is 6.11. The number of nitrogens with zero attached hydrogens (tertiary/aromatic N) is 3. The highest BCUT2D eigenvalue weighted by Crippen LogP contribution is 2.37. The predicted molar refractivity (Wildman–Crippen MR) is 167 cm³/mol. The third kappa shape index (κ3) is 7.51. The smallest absolute Gasteiger partial charge is 0.292 e. The summed E-state index contributed by atoms with van der Waals surface area (Å²) in [6, 6.07) is 17.2. The number of aromatic hydroxyl groups is 1. The minimum atomic E-state index is -0.847. The largest absolute Gasteiger partial charge is 0.507 e. The van der Waals surface area contributed by atoms with Gasteiger partial charge in [0.25, 0.3) is 5.91 Å². The molecule has 0 bridgehead atoms. The number of imidazole rings is 1. The lowest BCUT2D eigenvalue weighted by Crippen LogP contribution is -2.37. The molecule has 3 heterocycles. The molecule has 0 aliphatic carbocycles. The Labute approximate surface area is 262 Å². The van der Waals surface area contributed by atoms with Crippen LogP contribution in [-0.4, -0.2) is 37.9 Å². The lowest BCUT2D eigenvalue weighted by molar-refractivity contribution is -0.117. The first kappa shape index (κ1) is 32.7. The van der Waals surface area contributed by atoms with Crippen LogP contribution in [0.1, 0.15) is 21.8 Å². The number of hydrogen-bond donors (Lipinski definition) is 5. The summed E-state index contributed by atoms with van der Waals surface area (Å²) in [6.45, 7) is 0. The molecule has 0 fully saturated rings. The van der Waals surface area contributed by atoms with Gasteiger partial charge in [0.1, 0.15) is 17.4 Å². The fraction of sp³-hybridized carbons (Fsp3) is 0.0690. The van der Waals surface area contributed by atoms with E-state index in [1.165, 1.54) is 24.7 Å². The molecule has 11 nitrogen and oxygen atoms in total. The molecule has 0 aliphatic rings. The number of furan rings is 1. The number of aromatic amines is 1. The van der Waals surface area contributed by atoms with Crippen molar-refractivity contribution in [3.05, 3.63) is 101 Å². The van der Waals surface area contributed by atoms with Gasteiger partial charge < -0.3 is 30.9 Å². The van der Waals surface area contributed by atoms with E-state index in [1.54, 1.807) is 54.7 Å². The van der Waals surface area contributed by atoms with E-state index in [1.807, 2.05) is 0 Å². The fourth-order valence-electron chi connectivity index (χ4n) is 4.13. The summed E-state index contributed by atoms with van der Waals surface area (Å²) in [7, 11) is 0. The summed E-state index contributed by atoms with van der Waals surface area (Å²) < 4.78 is 5.17. The molecule has 0 saturated heterocycles. The van der Waals surface area contributed by atoms with Gasteiger partial charge in [0, 0.05) is 34.5 Å². The van der Waals surface area contributed by atoms with Crippen molar-refractivity contribution in [3.8, 4) is 34.2 Å². The molecular formula is C29H24Cl3N7O4. The molecule has 3 aromatic heterocycles. The van der Waals surface area contributed by atoms with Crippen LogP contribution >= 0.6 is 36.4 Å². The van der Waals surface area contributed by atoms with Crippen molar-refractivity contribution in [3.63, 3.8) is 0 Å². The topological polar surface area (TPSA) is 183 Å². The van der Waals surface area contributed by atoms with E-state index in [4.69, 9.17) is 21.8 Å². The molecule has 220 valence electrons. The first-order valence-electron chi connectivity index (χ1n) is 12.3. The normalized spacial score (nSPS) is 10.9. The van der Waals surface area contributed by atoms with Gasteiger partial charge in [-0.3, -0.25) is 9.59 Å². The number of amides is 2. The Morgan fingerprint density at radius 2 is 1.91 bits per heavy atom. The zero-order valence-electron chi connectivity index (χ0n) is 22.1. The molecule has 5 aromatic rings. The van der Waals surface area contributed by atoms with Crippen LogP contribution in [0.4, 0.5) is 11.5 Å². The summed E-state index contributed by atoms with van der Waals surface area (Å²) in [4.78, 5) is 37.0. The molecule has 2 amide bonds. The number of H-pyrrole nitrogens is 1. The lowest BCUT2D eigenvalue weighted by atomic mass is 9.97. The quantitative estimate of drug-likeness (QED) is 0.146. The van der Waals surface area contributed by atoms with Gasteiger partial charge in [0.05, 0.1) is 30.0 Å². The molecule has 5 rings (SSSR count). The summed E-state index contributed by atoms with van der Waals surface area (Å²) >= 11 is 6.02. The highest BCUT2D eigenvalue weighted by atomic mass is 35.5. The van der Waals surface area contributed by atoms with Gasteiger partial charge in [-0.2, -0.15) is 5.26 Å². The molecular weight excluding hydrogens is 617 g/mol. The van der Waals surface area contributed by atoms with Crippen molar-refractivity contribution < 1.29 is 19.1 Å². The number of anilines is 2. The Balaban J connectivity index is 0.00000253. The van der Waals surface area contributed by atoms with Crippen molar-refractivity contribution in [2.75, 3.05) is 10.6 Å². The van der Waals surface area contributed by atoms with E-state index in [9.17, 15) is 20.0 Å². The van der Waals surface area contributed by atoms with E-state index in [2.05, 4.69) is 31.7 Å². The maximum absolute atomic E-state index is 12.8. The summed E-state index contributed by atoms with van der Waals surface area (Å²) in [6.07, 6.45) is 4.76. The number of pyridine rings is 1. The van der Waals surface area contributed by atoms with Gasteiger partial charge >= 0.3 is 0 Å². The van der Waals surface area contributed by atoms with Crippen LogP contribution in [0.5, 0.6) is 5.75 Å². The van der Waals surface area contributed by atoms with E-state index in [0.717, 1.165) is 0 Å². The maximum Gasteiger partial charge on any atom is 0.292 e. The van der Waals surface area contributed by atoms with Crippen LogP contribution in [0, 0.1) is 11.3 Å². The van der Waals surface area contributed by atoms with Gasteiger partial charge in [-0.1, -0.05) is 23.7 Å². The second-order valence-corrected chi connectivity index (χ2v) is 9.36. The second kappa shape index (κ2) is 14.4. The third-order valence-corrected chi connectivity index (χ3v) is 6.34. The number of aromatic nitrogens is 3. The number of halogens is 3. The average Bonchev–Trinajstić information content (AvgIpc) is 3.68. The molecule has 0 aliphatic heterocycles. The molecule has 0 saturated carbocycles. The van der Waals surface area contributed by atoms with Gasteiger partial charge in [-0.25, -0.2) is 9.97 Å². The monoisotopic (exact) mass is 639 g/mol. The number of carbonyl (C=O) groups excluding carboxylic acids is 2. The van der Waals surface area contributed by atoms with E-state index >= 15 is 0 Å². The Morgan fingerprint density at radius 3 is 2.58 bits per heavy atom. The second-order valence-electron chi connectivity index (χ2n) is 8.92. The number of benzene rings is 2. The summed E-state index contributed by atoms with van der Waals surface area (Å²) in [5.41, 5.74) is 8.71. The minimum absolute atomic E-state index is 0. The zero-order valence-corrected chi connectivity index (χ0v) is 24.5. The van der Waals surface area contributed by atoms with E-state index in [-0.39, 0.29) is 59.8 Å². The van der Waals surface area contributed by atoms with E-state index < -0.39 is 17.9 Å². The molecule has 43 heavy (non-hydrogen) atoms. The average molecular weight is 641 g/mol. The number of hydrogen-bond acceptors (Lipinski definition) is 8. The fourth-order valence-corrected chi connectivity index (χ4v) is 4.30. The first-order valence-corrected chi connectivity index (χ1v) is 12.6. The van der Waals surface area contributed by atoms with Crippen LogP contribution in [0.25, 0.3) is 22.4 Å². The Hall–Kier alpha value is -4.86. The van der Waals surface area contributed by atoms with Gasteiger partial charge in [0.2, 0.25) is 5.91 Å². The molecule has 1 atom stereocenters. The van der Waals surface area contributed by atoms with Crippen LogP contribution in [-0.2, 0) is 11.2 Å². The number of nitriles is 1. The van der Waals surface area contributed by atoms with Crippen LogP contribution in [0.3, 0.4) is 0 Å². The van der Waals surface area contributed by atoms with Crippen LogP contribution in [0.2, 0.25) is 5.02 Å². The number of carbonyl (C=O) groups is 2. The SMILES string of the molecule is Cl.Cl.N#Cc1c(-c2cccc(NC(=O)[C@H](N)Cc3c[nH]cn3)c2)cc(-c2ccc(Cl)cc2O)nc1NC(=O)c1ccco1. The number of phenolic OH excluding ortho intramolecular Hbond substituents is 1. The number of nitrogens with one attached hydrogen (secondary N) is 3. The standard InChI is InChI=1S/C29H22ClN7O4.2ClH/c30-17-6-7-20(25(38)10-17)24-12-21(22(13-31)27(36-24)37-29(40)26-5-2-8-41-26)16-3-1-4-18(9-16)35-28(39)23(32)11-19-14-33-15-34-19;;/h1-10,12,14-15,23,38H,11,32H2,(H,33,34)(H,35,39)(H,36,37,40);2*1H/t23-;;/m1../s1.